The van der Waals surface area contributed by atoms with Gasteiger partial charge in [-0.3, -0.25) is 0 Å². The summed E-state index contributed by atoms with van der Waals surface area (Å²) in [4.78, 5) is 0. The van der Waals surface area contributed by atoms with Crippen molar-refractivity contribution in [2.75, 3.05) is 7.11 Å². The molecule has 0 aliphatic heterocycles. The zero-order valence-corrected chi connectivity index (χ0v) is 24.9. The fraction of sp³-hybridized carbons (Fsp3) is 0.0233. The molecule has 1 heterocycles. The van der Waals surface area contributed by atoms with Crippen LogP contribution in [0.1, 0.15) is 0 Å². The van der Waals surface area contributed by atoms with Gasteiger partial charge >= 0.3 is 0 Å². The van der Waals surface area contributed by atoms with Gasteiger partial charge in [0.25, 0.3) is 0 Å². The Bertz CT molecular complexity index is 2480. The van der Waals surface area contributed by atoms with Gasteiger partial charge in [0.2, 0.25) is 0 Å². The van der Waals surface area contributed by atoms with Gasteiger partial charge in [-0.15, -0.1) is 0 Å². The van der Waals surface area contributed by atoms with E-state index in [2.05, 4.69) is 156 Å². The second kappa shape index (κ2) is 10.1. The predicted octanol–water partition coefficient (Wildman–Crippen LogP) is 11.6. The molecule has 212 valence electrons. The normalized spacial score (nSPS) is 11.7. The van der Waals surface area contributed by atoms with E-state index in [1.165, 1.54) is 76.4 Å². The minimum atomic E-state index is 0.874. The van der Waals surface area contributed by atoms with Crippen molar-refractivity contribution >= 4 is 54.1 Å². The van der Waals surface area contributed by atoms with E-state index < -0.39 is 0 Å². The molecule has 2 heteroatoms. The lowest BCUT2D eigenvalue weighted by Crippen LogP contribution is -1.95. The van der Waals surface area contributed by atoms with Crippen molar-refractivity contribution < 1.29 is 4.74 Å². The van der Waals surface area contributed by atoms with Crippen molar-refractivity contribution in [2.45, 2.75) is 0 Å². The summed E-state index contributed by atoms with van der Waals surface area (Å²) in [6.45, 7) is 0. The SMILES string of the molecule is COc1ccc2cc(-c3c4ccccc4c(-c4cccc(-n5c6ccccc6c6ccccc65)c4)c4ccccc34)ccc2c1. The number of rotatable bonds is 4. The molecule has 0 spiro atoms. The maximum atomic E-state index is 5.48. The van der Waals surface area contributed by atoms with Crippen molar-refractivity contribution in [2.24, 2.45) is 0 Å². The van der Waals surface area contributed by atoms with Crippen LogP contribution in [0.3, 0.4) is 0 Å². The van der Waals surface area contributed by atoms with Crippen LogP contribution in [-0.2, 0) is 0 Å². The van der Waals surface area contributed by atoms with E-state index in [0.29, 0.717) is 0 Å². The smallest absolute Gasteiger partial charge is 0.119 e. The van der Waals surface area contributed by atoms with E-state index in [0.717, 1.165) is 11.4 Å². The number of benzene rings is 8. The Morgan fingerprint density at radius 2 is 0.889 bits per heavy atom. The average molecular weight is 576 g/mol. The second-order valence-corrected chi connectivity index (χ2v) is 11.7. The maximum Gasteiger partial charge on any atom is 0.119 e. The molecule has 2 nitrogen and oxygen atoms in total. The van der Waals surface area contributed by atoms with Crippen LogP contribution >= 0.6 is 0 Å². The van der Waals surface area contributed by atoms with Crippen LogP contribution in [0.25, 0.3) is 82.1 Å². The number of methoxy groups -OCH3 is 1. The van der Waals surface area contributed by atoms with Gasteiger partial charge in [0.05, 0.1) is 18.1 Å². The molecule has 9 aromatic rings. The van der Waals surface area contributed by atoms with Gasteiger partial charge in [-0.2, -0.15) is 0 Å². The summed E-state index contributed by atoms with van der Waals surface area (Å²) in [6, 6.07) is 57.2. The Morgan fingerprint density at radius 1 is 0.400 bits per heavy atom. The van der Waals surface area contributed by atoms with Gasteiger partial charge in [0.15, 0.2) is 0 Å². The van der Waals surface area contributed by atoms with E-state index in [9.17, 15) is 0 Å². The molecular formula is C43H29NO. The van der Waals surface area contributed by atoms with E-state index in [1.54, 1.807) is 7.11 Å². The molecule has 0 amide bonds. The lowest BCUT2D eigenvalue weighted by atomic mass is 9.85. The van der Waals surface area contributed by atoms with Crippen LogP contribution in [0.2, 0.25) is 0 Å². The number of nitrogens with zero attached hydrogens (tertiary/aromatic N) is 1. The number of hydrogen-bond acceptors (Lipinski definition) is 1. The lowest BCUT2D eigenvalue weighted by molar-refractivity contribution is 0.415. The Kier molecular flexibility index (Phi) is 5.76. The van der Waals surface area contributed by atoms with Gasteiger partial charge in [-0.1, -0.05) is 115 Å². The third kappa shape index (κ3) is 3.96. The molecule has 0 saturated carbocycles. The molecule has 0 aliphatic rings. The molecular weight excluding hydrogens is 546 g/mol. The summed E-state index contributed by atoms with van der Waals surface area (Å²) in [7, 11) is 1.72. The fourth-order valence-electron chi connectivity index (χ4n) is 7.26. The first-order valence-electron chi connectivity index (χ1n) is 15.4. The van der Waals surface area contributed by atoms with Gasteiger partial charge in [-0.25, -0.2) is 0 Å². The summed E-state index contributed by atoms with van der Waals surface area (Å²) in [5, 5.41) is 9.92. The summed E-state index contributed by atoms with van der Waals surface area (Å²) in [5.74, 6) is 0.874. The Labute approximate surface area is 261 Å². The predicted molar refractivity (Wildman–Crippen MR) is 191 cm³/mol. The molecule has 0 atom stereocenters. The summed E-state index contributed by atoms with van der Waals surface area (Å²) >= 11 is 0. The molecule has 0 N–H and O–H groups in total. The molecule has 9 rings (SSSR count). The van der Waals surface area contributed by atoms with Crippen molar-refractivity contribution in [1.29, 1.82) is 0 Å². The average Bonchev–Trinajstić information content (AvgIpc) is 3.44. The Balaban J connectivity index is 1.31. The van der Waals surface area contributed by atoms with Crippen molar-refractivity contribution in [3.8, 4) is 33.7 Å². The van der Waals surface area contributed by atoms with Gasteiger partial charge in [-0.05, 0) is 97.0 Å². The monoisotopic (exact) mass is 575 g/mol. The van der Waals surface area contributed by atoms with Gasteiger partial charge in [0.1, 0.15) is 5.75 Å². The molecule has 1 aromatic heterocycles. The molecule has 0 aliphatic carbocycles. The van der Waals surface area contributed by atoms with E-state index in [4.69, 9.17) is 4.74 Å². The highest BCUT2D eigenvalue weighted by Crippen LogP contribution is 2.45. The molecule has 0 fully saturated rings. The second-order valence-electron chi connectivity index (χ2n) is 11.7. The zero-order chi connectivity index (χ0) is 29.9. The number of aromatic nitrogens is 1. The first-order chi connectivity index (χ1) is 22.3. The standard InChI is InChI=1S/C43H29NO/c1-45-33-24-23-28-25-31(22-21-29(28)27-33)43-38-17-4-2-15-36(38)42(37-16-3-5-18-39(37)43)30-11-10-12-32(26-30)44-40-19-8-6-13-34(40)35-14-7-9-20-41(35)44/h2-27H,1H3. The summed E-state index contributed by atoms with van der Waals surface area (Å²) in [6.07, 6.45) is 0. The van der Waals surface area contributed by atoms with E-state index in [1.807, 2.05) is 6.07 Å². The summed E-state index contributed by atoms with van der Waals surface area (Å²) < 4.78 is 7.88. The minimum Gasteiger partial charge on any atom is -0.497 e. The number of para-hydroxylation sites is 2. The molecule has 0 bridgehead atoms. The fourth-order valence-corrected chi connectivity index (χ4v) is 7.26. The highest BCUT2D eigenvalue weighted by molar-refractivity contribution is 6.22. The molecule has 8 aromatic carbocycles. The molecule has 0 saturated heterocycles. The molecule has 0 unspecified atom stereocenters. The van der Waals surface area contributed by atoms with Crippen LogP contribution in [-0.4, -0.2) is 11.7 Å². The number of ether oxygens (including phenoxy) is 1. The summed E-state index contributed by atoms with van der Waals surface area (Å²) in [5.41, 5.74) is 8.54. The van der Waals surface area contributed by atoms with Crippen molar-refractivity contribution in [3.63, 3.8) is 0 Å². The van der Waals surface area contributed by atoms with E-state index in [-0.39, 0.29) is 0 Å². The first-order valence-corrected chi connectivity index (χ1v) is 15.4. The Morgan fingerprint density at radius 3 is 1.47 bits per heavy atom. The van der Waals surface area contributed by atoms with Crippen LogP contribution in [0.4, 0.5) is 0 Å². The van der Waals surface area contributed by atoms with Crippen LogP contribution in [0.5, 0.6) is 5.75 Å². The molecule has 0 radical (unpaired) electrons. The quantitative estimate of drug-likeness (QED) is 0.190. The van der Waals surface area contributed by atoms with Gasteiger partial charge < -0.3 is 9.30 Å². The maximum absolute atomic E-state index is 5.48. The minimum absolute atomic E-state index is 0.874. The first kappa shape index (κ1) is 25.6. The van der Waals surface area contributed by atoms with Gasteiger partial charge in [0, 0.05) is 16.5 Å². The largest absolute Gasteiger partial charge is 0.497 e. The van der Waals surface area contributed by atoms with Crippen molar-refractivity contribution in [3.05, 3.63) is 158 Å². The lowest BCUT2D eigenvalue weighted by Gasteiger charge is -2.19. The van der Waals surface area contributed by atoms with Crippen LogP contribution in [0, 0.1) is 0 Å². The van der Waals surface area contributed by atoms with Crippen LogP contribution in [0.15, 0.2) is 158 Å². The third-order valence-electron chi connectivity index (χ3n) is 9.24. The highest BCUT2D eigenvalue weighted by Gasteiger charge is 2.18. The number of hydrogen-bond donors (Lipinski definition) is 0. The Hall–Kier alpha value is -5.86. The highest BCUT2D eigenvalue weighted by atomic mass is 16.5. The third-order valence-corrected chi connectivity index (χ3v) is 9.24. The zero-order valence-electron chi connectivity index (χ0n) is 24.9. The topological polar surface area (TPSA) is 14.2 Å². The van der Waals surface area contributed by atoms with E-state index >= 15 is 0 Å². The van der Waals surface area contributed by atoms with Crippen LogP contribution < -0.4 is 4.74 Å². The van der Waals surface area contributed by atoms with Crippen molar-refractivity contribution in [1.82, 2.24) is 4.57 Å². The number of fused-ring (bicyclic) bond motifs is 6. The molecule has 45 heavy (non-hydrogen) atoms.